The van der Waals surface area contributed by atoms with Crippen LogP contribution in [0, 0.1) is 20.8 Å². The molecule has 1 heterocycles. The van der Waals surface area contributed by atoms with Crippen molar-refractivity contribution < 1.29 is 14.2 Å². The van der Waals surface area contributed by atoms with Crippen LogP contribution in [0.5, 0.6) is 0 Å². The molecule has 2 rings (SSSR count). The maximum atomic E-state index is 12.5. The molecule has 0 saturated heterocycles. The predicted molar refractivity (Wildman–Crippen MR) is 81.6 cm³/mol. The second-order valence-electron chi connectivity index (χ2n) is 5.50. The van der Waals surface area contributed by atoms with Crippen molar-refractivity contribution in [2.24, 2.45) is 0 Å². The van der Waals surface area contributed by atoms with Crippen LogP contribution in [-0.4, -0.2) is 11.6 Å². The van der Waals surface area contributed by atoms with E-state index < -0.39 is 0 Å². The minimum Gasteiger partial charge on any atom is -0.294 e. The first-order valence-corrected chi connectivity index (χ1v) is 6.99. The summed E-state index contributed by atoms with van der Waals surface area (Å²) >= 11 is 0. The maximum Gasteiger partial charge on any atom is 0.227 e. The third kappa shape index (κ3) is 3.43. The van der Waals surface area contributed by atoms with Crippen molar-refractivity contribution in [3.05, 3.63) is 64.5 Å². The summed E-state index contributed by atoms with van der Waals surface area (Å²) in [5.74, 6) is 0.0560. The Morgan fingerprint density at radius 3 is 2.38 bits per heavy atom. The van der Waals surface area contributed by atoms with Crippen LogP contribution >= 0.6 is 0 Å². The van der Waals surface area contributed by atoms with E-state index in [9.17, 15) is 9.59 Å². The number of hydrogen-bond donors (Lipinski definition) is 0. The molecular weight excluding hydrogens is 262 g/mol. The second-order valence-corrected chi connectivity index (χ2v) is 5.50. The molecule has 108 valence electrons. The zero-order valence-corrected chi connectivity index (χ0v) is 12.9. The van der Waals surface area contributed by atoms with Gasteiger partial charge in [0.2, 0.25) is 12.3 Å². The van der Waals surface area contributed by atoms with Crippen LogP contribution in [0.25, 0.3) is 0 Å². The van der Waals surface area contributed by atoms with Crippen LogP contribution in [0.4, 0.5) is 0 Å². The maximum absolute atomic E-state index is 12.5. The Hall–Kier alpha value is -2.29. The molecule has 3 nitrogen and oxygen atoms in total. The molecule has 0 aliphatic heterocycles. The molecule has 0 aliphatic rings. The van der Waals surface area contributed by atoms with Crippen molar-refractivity contribution >= 4 is 11.6 Å². The van der Waals surface area contributed by atoms with E-state index in [2.05, 4.69) is 0 Å². The number of ketones is 2. The Labute approximate surface area is 125 Å². The van der Waals surface area contributed by atoms with Crippen LogP contribution in [0.2, 0.25) is 0 Å². The topological polar surface area (TPSA) is 38.0 Å². The van der Waals surface area contributed by atoms with Gasteiger partial charge in [0, 0.05) is 11.6 Å². The summed E-state index contributed by atoms with van der Waals surface area (Å²) in [7, 11) is 0. The number of carbonyl (C=O) groups is 2. The van der Waals surface area contributed by atoms with E-state index in [4.69, 9.17) is 0 Å². The summed E-state index contributed by atoms with van der Waals surface area (Å²) < 4.78 is 1.76. The van der Waals surface area contributed by atoms with Crippen molar-refractivity contribution in [1.82, 2.24) is 0 Å². The Bertz CT molecular complexity index is 717. The Morgan fingerprint density at radius 1 is 1.05 bits per heavy atom. The van der Waals surface area contributed by atoms with Gasteiger partial charge in [-0.2, -0.15) is 4.57 Å². The summed E-state index contributed by atoms with van der Waals surface area (Å²) in [4.78, 5) is 23.9. The van der Waals surface area contributed by atoms with Gasteiger partial charge in [0.15, 0.2) is 18.2 Å². The van der Waals surface area contributed by atoms with Gasteiger partial charge >= 0.3 is 0 Å². The lowest BCUT2D eigenvalue weighted by atomic mass is 9.98. The molecule has 0 radical (unpaired) electrons. The van der Waals surface area contributed by atoms with Gasteiger partial charge in [-0.1, -0.05) is 6.07 Å². The van der Waals surface area contributed by atoms with Gasteiger partial charge in [-0.15, -0.1) is 0 Å². The van der Waals surface area contributed by atoms with Crippen molar-refractivity contribution in [2.45, 2.75) is 34.2 Å². The van der Waals surface area contributed by atoms with E-state index in [0.29, 0.717) is 5.56 Å². The largest absolute Gasteiger partial charge is 0.294 e. The van der Waals surface area contributed by atoms with Gasteiger partial charge in [0.05, 0.1) is 5.56 Å². The first kappa shape index (κ1) is 15.1. The van der Waals surface area contributed by atoms with E-state index in [1.807, 2.05) is 32.9 Å². The fourth-order valence-electron chi connectivity index (χ4n) is 2.34. The third-order valence-electron chi connectivity index (χ3n) is 3.73. The molecule has 0 spiro atoms. The molecule has 3 heteroatoms. The van der Waals surface area contributed by atoms with Crippen LogP contribution in [-0.2, 0) is 6.54 Å². The average molecular weight is 282 g/mol. The number of hydrogen-bond acceptors (Lipinski definition) is 2. The Balaban J connectivity index is 2.28. The Morgan fingerprint density at radius 2 is 1.71 bits per heavy atom. The van der Waals surface area contributed by atoms with E-state index in [0.717, 1.165) is 16.7 Å². The van der Waals surface area contributed by atoms with Crippen LogP contribution in [0.3, 0.4) is 0 Å². The highest BCUT2D eigenvalue weighted by Gasteiger charge is 2.16. The summed E-state index contributed by atoms with van der Waals surface area (Å²) in [6.07, 6.45) is 3.53. The predicted octanol–water partition coefficient (Wildman–Crippen LogP) is 2.98. The molecule has 21 heavy (non-hydrogen) atoms. The number of rotatable bonds is 4. The molecule has 2 aromatic rings. The van der Waals surface area contributed by atoms with Gasteiger partial charge in [0.25, 0.3) is 0 Å². The minimum absolute atomic E-state index is 0.000778. The highest BCUT2D eigenvalue weighted by atomic mass is 16.1. The van der Waals surface area contributed by atoms with Gasteiger partial charge < -0.3 is 0 Å². The summed E-state index contributed by atoms with van der Waals surface area (Å²) in [5, 5.41) is 0. The van der Waals surface area contributed by atoms with Gasteiger partial charge in [-0.05, 0) is 56.5 Å². The average Bonchev–Trinajstić information content (AvgIpc) is 2.43. The molecule has 0 atom stereocenters. The molecule has 1 aromatic heterocycles. The normalized spacial score (nSPS) is 10.5. The van der Waals surface area contributed by atoms with Gasteiger partial charge in [0.1, 0.15) is 0 Å². The zero-order chi connectivity index (χ0) is 15.6. The Kier molecular flexibility index (Phi) is 4.32. The first-order chi connectivity index (χ1) is 9.88. The summed E-state index contributed by atoms with van der Waals surface area (Å²) in [5.41, 5.74) is 4.66. The molecule has 0 fully saturated rings. The molecule has 0 aliphatic carbocycles. The van der Waals surface area contributed by atoms with E-state index >= 15 is 0 Å². The smallest absolute Gasteiger partial charge is 0.227 e. The minimum atomic E-state index is -0.000778. The lowest BCUT2D eigenvalue weighted by molar-refractivity contribution is -0.683. The monoisotopic (exact) mass is 282 g/mol. The van der Waals surface area contributed by atoms with Crippen molar-refractivity contribution in [1.29, 1.82) is 0 Å². The second kappa shape index (κ2) is 6.00. The van der Waals surface area contributed by atoms with Crippen molar-refractivity contribution in [3.63, 3.8) is 0 Å². The van der Waals surface area contributed by atoms with Crippen molar-refractivity contribution in [2.75, 3.05) is 0 Å². The van der Waals surface area contributed by atoms with E-state index in [1.54, 1.807) is 29.1 Å². The number of Topliss-reactive ketones (excluding diaryl/α,β-unsaturated/α-hetero) is 2. The highest BCUT2D eigenvalue weighted by Crippen LogP contribution is 2.16. The van der Waals surface area contributed by atoms with E-state index in [-0.39, 0.29) is 18.1 Å². The molecule has 0 bridgehead atoms. The van der Waals surface area contributed by atoms with Crippen LogP contribution in [0.1, 0.15) is 44.3 Å². The number of aryl methyl sites for hydroxylation is 3. The summed E-state index contributed by atoms with van der Waals surface area (Å²) in [6, 6.07) is 7.53. The summed E-state index contributed by atoms with van der Waals surface area (Å²) in [6.45, 7) is 7.77. The number of benzene rings is 1. The number of pyridine rings is 1. The third-order valence-corrected chi connectivity index (χ3v) is 3.73. The molecule has 0 unspecified atom stereocenters. The zero-order valence-electron chi connectivity index (χ0n) is 12.9. The number of carbonyl (C=O) groups excluding carboxylic acids is 2. The number of aromatic nitrogens is 1. The molecule has 0 N–H and O–H groups in total. The van der Waals surface area contributed by atoms with Crippen LogP contribution in [0.15, 0.2) is 36.7 Å². The van der Waals surface area contributed by atoms with Gasteiger partial charge in [-0.25, -0.2) is 0 Å². The fraction of sp³-hybridized carbons (Fsp3) is 0.278. The standard InChI is InChI=1S/C18H20NO2/c1-12-8-14(3)17(9-13(12)2)18(21)11-19-7-5-6-16(10-19)15(4)20/h5-10H,11H2,1-4H3/q+1. The van der Waals surface area contributed by atoms with Crippen LogP contribution < -0.4 is 4.57 Å². The lowest BCUT2D eigenvalue weighted by Gasteiger charge is -2.07. The first-order valence-electron chi connectivity index (χ1n) is 6.99. The lowest BCUT2D eigenvalue weighted by Crippen LogP contribution is -2.38. The van der Waals surface area contributed by atoms with E-state index in [1.165, 1.54) is 12.5 Å². The highest BCUT2D eigenvalue weighted by molar-refractivity contribution is 5.97. The molecule has 0 saturated carbocycles. The fourth-order valence-corrected chi connectivity index (χ4v) is 2.34. The quantitative estimate of drug-likeness (QED) is 0.638. The molecule has 0 amide bonds. The van der Waals surface area contributed by atoms with Crippen molar-refractivity contribution in [3.8, 4) is 0 Å². The number of nitrogens with zero attached hydrogens (tertiary/aromatic N) is 1. The molecular formula is C18H20NO2+. The van der Waals surface area contributed by atoms with Gasteiger partial charge in [-0.3, -0.25) is 9.59 Å². The molecule has 1 aromatic carbocycles. The SMILES string of the molecule is CC(=O)c1ccc[n+](CC(=O)c2cc(C)c(C)cc2C)c1.